The van der Waals surface area contributed by atoms with Crippen LogP contribution in [0.5, 0.6) is 0 Å². The van der Waals surface area contributed by atoms with Gasteiger partial charge in [0, 0.05) is 31.6 Å². The fourth-order valence-electron chi connectivity index (χ4n) is 4.90. The molecule has 1 aromatic rings. The largest absolute Gasteiger partial charge is 0.353 e. The van der Waals surface area contributed by atoms with Crippen molar-refractivity contribution in [2.24, 2.45) is 5.92 Å². The number of piperidine rings is 2. The van der Waals surface area contributed by atoms with Crippen molar-refractivity contribution >= 4 is 11.8 Å². The summed E-state index contributed by atoms with van der Waals surface area (Å²) in [5, 5.41) is 6.92. The molecule has 3 aliphatic rings. The van der Waals surface area contributed by atoms with Crippen LogP contribution in [-0.4, -0.2) is 41.9 Å². The van der Waals surface area contributed by atoms with Crippen LogP contribution in [-0.2, 0) is 9.59 Å². The quantitative estimate of drug-likeness (QED) is 0.884. The molecule has 2 N–H and O–H groups in total. The Morgan fingerprint density at radius 3 is 2.48 bits per heavy atom. The highest BCUT2D eigenvalue weighted by molar-refractivity contribution is 5.85. The molecule has 3 aliphatic heterocycles. The van der Waals surface area contributed by atoms with Gasteiger partial charge >= 0.3 is 0 Å². The van der Waals surface area contributed by atoms with Crippen molar-refractivity contribution in [1.29, 1.82) is 0 Å². The van der Waals surface area contributed by atoms with Crippen LogP contribution in [0.1, 0.15) is 50.1 Å². The number of likely N-dealkylation sites (tertiary alicyclic amines) is 1. The predicted molar refractivity (Wildman–Crippen MR) is 95.8 cm³/mol. The molecule has 0 spiro atoms. The summed E-state index contributed by atoms with van der Waals surface area (Å²) in [6.45, 7) is 0. The van der Waals surface area contributed by atoms with Crippen molar-refractivity contribution in [1.82, 2.24) is 15.5 Å². The first-order valence-electron chi connectivity index (χ1n) is 9.49. The molecular formula is C20H27N3O2. The number of hydrogen-bond donors (Lipinski definition) is 2. The zero-order valence-electron chi connectivity index (χ0n) is 14.8. The summed E-state index contributed by atoms with van der Waals surface area (Å²) in [5.74, 6) is 0.0648. The van der Waals surface area contributed by atoms with Crippen molar-refractivity contribution in [2.45, 2.75) is 62.7 Å². The van der Waals surface area contributed by atoms with Gasteiger partial charge in [-0.2, -0.15) is 0 Å². The number of rotatable bonds is 3. The van der Waals surface area contributed by atoms with Gasteiger partial charge < -0.3 is 15.5 Å². The summed E-state index contributed by atoms with van der Waals surface area (Å²) >= 11 is 0. The Labute approximate surface area is 149 Å². The van der Waals surface area contributed by atoms with Gasteiger partial charge in [0.25, 0.3) is 0 Å². The third-order valence-electron chi connectivity index (χ3n) is 6.16. The highest BCUT2D eigenvalue weighted by Gasteiger charge is 2.40. The number of benzene rings is 1. The normalized spacial score (nSPS) is 34.8. The van der Waals surface area contributed by atoms with E-state index in [1.807, 2.05) is 37.4 Å². The molecule has 4 unspecified atom stereocenters. The van der Waals surface area contributed by atoms with Gasteiger partial charge in [-0.3, -0.25) is 9.59 Å². The van der Waals surface area contributed by atoms with E-state index in [1.165, 1.54) is 12.8 Å². The minimum atomic E-state index is -0.169. The van der Waals surface area contributed by atoms with Crippen molar-refractivity contribution in [3.63, 3.8) is 0 Å². The van der Waals surface area contributed by atoms with E-state index in [0.29, 0.717) is 24.9 Å². The van der Waals surface area contributed by atoms with Crippen molar-refractivity contribution in [3.8, 4) is 0 Å². The first kappa shape index (κ1) is 16.6. The second-order valence-electron chi connectivity index (χ2n) is 7.82. The van der Waals surface area contributed by atoms with Crippen LogP contribution in [0.15, 0.2) is 30.3 Å². The number of nitrogens with zero attached hydrogens (tertiary/aromatic N) is 1. The minimum absolute atomic E-state index is 0.111. The molecule has 4 atom stereocenters. The van der Waals surface area contributed by atoms with E-state index < -0.39 is 0 Å². The maximum absolute atomic E-state index is 13.1. The molecule has 25 heavy (non-hydrogen) atoms. The lowest BCUT2D eigenvalue weighted by atomic mass is 9.83. The van der Waals surface area contributed by atoms with Crippen LogP contribution in [0.25, 0.3) is 0 Å². The molecular weight excluding hydrogens is 314 g/mol. The molecule has 3 heterocycles. The third-order valence-corrected chi connectivity index (χ3v) is 6.16. The summed E-state index contributed by atoms with van der Waals surface area (Å²) in [7, 11) is 1.82. The minimum Gasteiger partial charge on any atom is -0.353 e. The van der Waals surface area contributed by atoms with Gasteiger partial charge in [-0.15, -0.1) is 0 Å². The number of fused-ring (bicyclic) bond motifs is 2. The highest BCUT2D eigenvalue weighted by Crippen LogP contribution is 2.36. The molecule has 0 aromatic heterocycles. The molecule has 0 saturated carbocycles. The SMILES string of the molecule is CN1C(=O)CCC(C(=O)NC2CC3CCC(C2)N3)C1c1ccccc1. The Bertz CT molecular complexity index is 636. The van der Waals surface area contributed by atoms with Gasteiger partial charge in [0.15, 0.2) is 0 Å². The van der Waals surface area contributed by atoms with Gasteiger partial charge in [0.2, 0.25) is 11.8 Å². The van der Waals surface area contributed by atoms with Crippen LogP contribution in [0, 0.1) is 5.92 Å². The Morgan fingerprint density at radius 2 is 1.80 bits per heavy atom. The average molecular weight is 341 g/mol. The molecule has 0 aliphatic carbocycles. The lowest BCUT2D eigenvalue weighted by Gasteiger charge is -2.39. The maximum Gasteiger partial charge on any atom is 0.225 e. The number of carbonyl (C=O) groups is 2. The first-order chi connectivity index (χ1) is 12.1. The lowest BCUT2D eigenvalue weighted by molar-refractivity contribution is -0.142. The first-order valence-corrected chi connectivity index (χ1v) is 9.49. The smallest absolute Gasteiger partial charge is 0.225 e. The van der Waals surface area contributed by atoms with E-state index >= 15 is 0 Å². The Kier molecular flexibility index (Phi) is 4.50. The lowest BCUT2D eigenvalue weighted by Crippen LogP contribution is -2.52. The topological polar surface area (TPSA) is 61.4 Å². The second kappa shape index (κ2) is 6.79. The second-order valence-corrected chi connectivity index (χ2v) is 7.82. The summed E-state index contributed by atoms with van der Waals surface area (Å²) in [6, 6.07) is 11.2. The zero-order chi connectivity index (χ0) is 17.4. The van der Waals surface area contributed by atoms with Crippen molar-refractivity contribution in [2.75, 3.05) is 7.05 Å². The number of amides is 2. The predicted octanol–water partition coefficient (Wildman–Crippen LogP) is 2.00. The Morgan fingerprint density at radius 1 is 1.12 bits per heavy atom. The molecule has 4 rings (SSSR count). The molecule has 0 radical (unpaired) electrons. The van der Waals surface area contributed by atoms with E-state index in [1.54, 1.807) is 4.90 Å². The molecule has 3 fully saturated rings. The van der Waals surface area contributed by atoms with Gasteiger partial charge in [-0.25, -0.2) is 0 Å². The number of nitrogens with one attached hydrogen (secondary N) is 2. The molecule has 3 saturated heterocycles. The third kappa shape index (κ3) is 3.30. The van der Waals surface area contributed by atoms with Gasteiger partial charge in [0.05, 0.1) is 12.0 Å². The number of carbonyl (C=O) groups excluding carboxylic acids is 2. The Hall–Kier alpha value is -1.88. The summed E-state index contributed by atoms with van der Waals surface area (Å²) in [5.41, 5.74) is 1.04. The van der Waals surface area contributed by atoms with Gasteiger partial charge in [-0.05, 0) is 37.7 Å². The molecule has 134 valence electrons. The Balaban J connectivity index is 1.50. The van der Waals surface area contributed by atoms with Crippen molar-refractivity contribution in [3.05, 3.63) is 35.9 Å². The fraction of sp³-hybridized carbons (Fsp3) is 0.600. The maximum atomic E-state index is 13.1. The van der Waals surface area contributed by atoms with Crippen LogP contribution in [0.4, 0.5) is 0 Å². The molecule has 5 heteroatoms. The van der Waals surface area contributed by atoms with E-state index in [9.17, 15) is 9.59 Å². The summed E-state index contributed by atoms with van der Waals surface area (Å²) < 4.78 is 0. The van der Waals surface area contributed by atoms with Gasteiger partial charge in [0.1, 0.15) is 0 Å². The average Bonchev–Trinajstić information content (AvgIpc) is 2.96. The standard InChI is InChI=1S/C20H27N3O2/c1-23-18(24)10-9-17(19(23)13-5-3-2-4-6-13)20(25)22-16-11-14-7-8-15(12-16)21-14/h2-6,14-17,19,21H,7-12H2,1H3,(H,22,25). The fourth-order valence-corrected chi connectivity index (χ4v) is 4.90. The molecule has 5 nitrogen and oxygen atoms in total. The van der Waals surface area contributed by atoms with E-state index in [-0.39, 0.29) is 29.8 Å². The summed E-state index contributed by atoms with van der Waals surface area (Å²) in [4.78, 5) is 27.0. The molecule has 1 aromatic carbocycles. The van der Waals surface area contributed by atoms with E-state index in [2.05, 4.69) is 10.6 Å². The van der Waals surface area contributed by atoms with Gasteiger partial charge in [-0.1, -0.05) is 30.3 Å². The zero-order valence-corrected chi connectivity index (χ0v) is 14.8. The molecule has 2 amide bonds. The highest BCUT2D eigenvalue weighted by atomic mass is 16.2. The van der Waals surface area contributed by atoms with Crippen LogP contribution in [0.3, 0.4) is 0 Å². The van der Waals surface area contributed by atoms with E-state index in [0.717, 1.165) is 18.4 Å². The monoisotopic (exact) mass is 341 g/mol. The van der Waals surface area contributed by atoms with Crippen LogP contribution in [0.2, 0.25) is 0 Å². The van der Waals surface area contributed by atoms with Crippen molar-refractivity contribution < 1.29 is 9.59 Å². The van der Waals surface area contributed by atoms with E-state index in [4.69, 9.17) is 0 Å². The summed E-state index contributed by atoms with van der Waals surface area (Å²) in [6.07, 6.45) is 5.59. The number of hydrogen-bond acceptors (Lipinski definition) is 3. The van der Waals surface area contributed by atoms with Crippen LogP contribution < -0.4 is 10.6 Å². The molecule has 2 bridgehead atoms. The van der Waals surface area contributed by atoms with Crippen LogP contribution >= 0.6 is 0 Å².